The van der Waals surface area contributed by atoms with Gasteiger partial charge in [-0.3, -0.25) is 10.1 Å². The highest BCUT2D eigenvalue weighted by Crippen LogP contribution is 2.34. The molecular formula is C21H13NO7S. The molecule has 0 amide bonds. The van der Waals surface area contributed by atoms with Crippen LogP contribution in [0.25, 0.3) is 21.4 Å². The van der Waals surface area contributed by atoms with Gasteiger partial charge >= 0.3 is 16.6 Å². The number of hydrogen-bond acceptors (Lipinski definition) is 8. The van der Waals surface area contributed by atoms with Crippen LogP contribution < -0.4 is 14.4 Å². The fraction of sp³-hybridized carbons (Fsp3) is 0.0476. The van der Waals surface area contributed by atoms with E-state index in [2.05, 4.69) is 0 Å². The number of esters is 1. The van der Waals surface area contributed by atoms with Crippen LogP contribution in [0.5, 0.6) is 11.5 Å². The molecule has 4 aromatic rings. The van der Waals surface area contributed by atoms with Crippen molar-refractivity contribution in [2.75, 3.05) is 6.61 Å². The average molecular weight is 423 g/mol. The maximum Gasteiger partial charge on any atom is 0.396 e. The molecular weight excluding hydrogens is 410 g/mol. The molecule has 0 atom stereocenters. The smallest absolute Gasteiger partial charge is 0.396 e. The van der Waals surface area contributed by atoms with Crippen molar-refractivity contribution < 1.29 is 23.6 Å². The zero-order valence-electron chi connectivity index (χ0n) is 15.3. The molecule has 3 aromatic carbocycles. The van der Waals surface area contributed by atoms with Gasteiger partial charge < -0.3 is 13.9 Å². The molecule has 0 aliphatic heterocycles. The molecule has 9 heteroatoms. The quantitative estimate of drug-likeness (QED) is 0.195. The Hall–Kier alpha value is -3.98. The topological polar surface area (TPSA) is 109 Å². The van der Waals surface area contributed by atoms with Crippen LogP contribution in [0.2, 0.25) is 0 Å². The molecule has 0 aliphatic rings. The van der Waals surface area contributed by atoms with E-state index in [0.29, 0.717) is 15.8 Å². The summed E-state index contributed by atoms with van der Waals surface area (Å²) in [6.07, 6.45) is 0. The van der Waals surface area contributed by atoms with Gasteiger partial charge in [-0.2, -0.15) is 0 Å². The van der Waals surface area contributed by atoms with Crippen molar-refractivity contribution in [1.29, 1.82) is 0 Å². The van der Waals surface area contributed by atoms with Gasteiger partial charge in [0.05, 0.1) is 9.62 Å². The molecule has 0 fully saturated rings. The molecule has 0 spiro atoms. The van der Waals surface area contributed by atoms with E-state index in [9.17, 15) is 19.7 Å². The van der Waals surface area contributed by atoms with Crippen LogP contribution in [0, 0.1) is 10.1 Å². The highest BCUT2D eigenvalue weighted by Gasteiger charge is 2.17. The van der Waals surface area contributed by atoms with Crippen molar-refractivity contribution in [3.05, 3.63) is 86.6 Å². The van der Waals surface area contributed by atoms with Gasteiger partial charge in [0.15, 0.2) is 17.9 Å². The summed E-state index contributed by atoms with van der Waals surface area (Å²) in [6, 6.07) is 18.1. The number of para-hydroxylation sites is 2. The summed E-state index contributed by atoms with van der Waals surface area (Å²) in [7, 11) is 0. The second kappa shape index (κ2) is 8.18. The van der Waals surface area contributed by atoms with Gasteiger partial charge in [-0.15, -0.1) is 0 Å². The number of nitro groups is 1. The summed E-state index contributed by atoms with van der Waals surface area (Å²) in [5.74, 6) is -0.579. The minimum Gasteiger partial charge on any atom is -0.475 e. The molecule has 0 radical (unpaired) electrons. The number of nitro benzene ring substituents is 1. The molecule has 30 heavy (non-hydrogen) atoms. The molecule has 1 aromatic heterocycles. The number of fused-ring (bicyclic) bond motifs is 1. The van der Waals surface area contributed by atoms with E-state index < -0.39 is 22.4 Å². The Bertz CT molecular complexity index is 1290. The maximum atomic E-state index is 12.3. The Labute approximate surface area is 173 Å². The van der Waals surface area contributed by atoms with E-state index in [1.807, 2.05) is 30.3 Å². The Morgan fingerprint density at radius 2 is 1.80 bits per heavy atom. The van der Waals surface area contributed by atoms with Gasteiger partial charge in [0.1, 0.15) is 5.75 Å². The van der Waals surface area contributed by atoms with Crippen molar-refractivity contribution >= 4 is 33.3 Å². The van der Waals surface area contributed by atoms with E-state index in [4.69, 9.17) is 13.9 Å². The van der Waals surface area contributed by atoms with Gasteiger partial charge in [0.25, 0.3) is 0 Å². The van der Waals surface area contributed by atoms with E-state index in [-0.39, 0.29) is 17.2 Å². The molecule has 150 valence electrons. The Kier molecular flexibility index (Phi) is 5.27. The minimum atomic E-state index is -0.748. The molecule has 0 saturated heterocycles. The summed E-state index contributed by atoms with van der Waals surface area (Å²) in [5.41, 5.74) is 1.56. The zero-order valence-corrected chi connectivity index (χ0v) is 16.1. The number of nitrogens with zero attached hydrogens (tertiary/aromatic N) is 1. The van der Waals surface area contributed by atoms with Gasteiger partial charge in [0, 0.05) is 17.7 Å². The van der Waals surface area contributed by atoms with Gasteiger partial charge in [0.2, 0.25) is 0 Å². The first-order valence-corrected chi connectivity index (χ1v) is 9.53. The minimum absolute atomic E-state index is 0.0343. The van der Waals surface area contributed by atoms with Gasteiger partial charge in [-0.05, 0) is 17.7 Å². The fourth-order valence-electron chi connectivity index (χ4n) is 2.87. The largest absolute Gasteiger partial charge is 0.475 e. The molecule has 1 heterocycles. The summed E-state index contributed by atoms with van der Waals surface area (Å²) >= 11 is 0.898. The maximum absolute atomic E-state index is 12.3. The second-order valence-electron chi connectivity index (χ2n) is 6.11. The molecule has 0 saturated carbocycles. The Morgan fingerprint density at radius 1 is 1.07 bits per heavy atom. The molecule has 0 aliphatic carbocycles. The number of hydrogen-bond donors (Lipinski definition) is 0. The van der Waals surface area contributed by atoms with E-state index in [1.54, 1.807) is 12.1 Å². The highest BCUT2D eigenvalue weighted by molar-refractivity contribution is 7.16. The number of benzene rings is 3. The van der Waals surface area contributed by atoms with E-state index in [1.165, 1.54) is 24.3 Å². The molecule has 0 unspecified atom stereocenters. The van der Waals surface area contributed by atoms with Crippen molar-refractivity contribution in [1.82, 2.24) is 0 Å². The van der Waals surface area contributed by atoms with Gasteiger partial charge in [-0.25, -0.2) is 9.59 Å². The normalized spacial score (nSPS) is 10.7. The van der Waals surface area contributed by atoms with Crippen LogP contribution in [-0.2, 0) is 4.79 Å². The van der Waals surface area contributed by atoms with Crippen LogP contribution in [0.15, 0.2) is 75.9 Å². The van der Waals surface area contributed by atoms with Crippen molar-refractivity contribution in [2.45, 2.75) is 0 Å². The predicted octanol–water partition coefficient (Wildman–Crippen LogP) is 4.41. The molecule has 0 N–H and O–H groups in total. The number of ether oxygens (including phenoxy) is 2. The fourth-order valence-corrected chi connectivity index (χ4v) is 3.59. The van der Waals surface area contributed by atoms with Crippen molar-refractivity contribution in [3.63, 3.8) is 0 Å². The van der Waals surface area contributed by atoms with E-state index in [0.717, 1.165) is 16.9 Å². The first kappa shape index (κ1) is 19.3. The average Bonchev–Trinajstić information content (AvgIpc) is 3.12. The van der Waals surface area contributed by atoms with Crippen LogP contribution in [0.3, 0.4) is 0 Å². The van der Waals surface area contributed by atoms with Crippen LogP contribution in [-0.4, -0.2) is 17.5 Å². The van der Waals surface area contributed by atoms with Crippen LogP contribution in [0.1, 0.15) is 0 Å². The monoisotopic (exact) mass is 423 g/mol. The number of rotatable bonds is 6. The lowest BCUT2D eigenvalue weighted by molar-refractivity contribution is -0.385. The third-order valence-corrected chi connectivity index (χ3v) is 4.90. The van der Waals surface area contributed by atoms with E-state index >= 15 is 0 Å². The van der Waals surface area contributed by atoms with Gasteiger partial charge in [-0.1, -0.05) is 53.8 Å². The SMILES string of the molecule is O=C(COc1ccccc1[N+](=O)[O-])Oc1cc(-c2ccccc2)c2oc(=O)sc2c1. The first-order chi connectivity index (χ1) is 14.5. The zero-order chi connectivity index (χ0) is 21.1. The molecule has 0 bridgehead atoms. The third kappa shape index (κ3) is 4.06. The summed E-state index contributed by atoms with van der Waals surface area (Å²) in [5, 5.41) is 11.0. The van der Waals surface area contributed by atoms with Crippen LogP contribution >= 0.6 is 11.3 Å². The second-order valence-corrected chi connectivity index (χ2v) is 7.08. The Morgan fingerprint density at radius 3 is 2.57 bits per heavy atom. The number of carbonyl (C=O) groups is 1. The summed E-state index contributed by atoms with van der Waals surface area (Å²) in [4.78, 5) is 33.9. The number of carbonyl (C=O) groups excluding carboxylic acids is 1. The first-order valence-electron chi connectivity index (χ1n) is 8.71. The van der Waals surface area contributed by atoms with Crippen LogP contribution in [0.4, 0.5) is 5.69 Å². The lowest BCUT2D eigenvalue weighted by atomic mass is 10.0. The predicted molar refractivity (Wildman–Crippen MR) is 110 cm³/mol. The molecule has 4 rings (SSSR count). The van der Waals surface area contributed by atoms with Crippen molar-refractivity contribution in [3.8, 4) is 22.6 Å². The van der Waals surface area contributed by atoms with Crippen molar-refractivity contribution in [2.24, 2.45) is 0 Å². The lowest BCUT2D eigenvalue weighted by Crippen LogP contribution is -2.18. The Balaban J connectivity index is 1.58. The highest BCUT2D eigenvalue weighted by atomic mass is 32.1. The summed E-state index contributed by atoms with van der Waals surface area (Å²) < 4.78 is 16.4. The summed E-state index contributed by atoms with van der Waals surface area (Å²) in [6.45, 7) is -0.523. The standard InChI is InChI=1S/C21H13NO7S/c23-19(12-27-17-9-5-4-8-16(17)22(25)26)28-14-10-15(13-6-2-1-3-7-13)20-18(11-14)30-21(24)29-20/h1-11H,12H2. The molecule has 8 nitrogen and oxygen atoms in total. The lowest BCUT2D eigenvalue weighted by Gasteiger charge is -2.09. The third-order valence-electron chi connectivity index (χ3n) is 4.13.